The number of hydrogen-bond donors (Lipinski definition) is 1. The average Bonchev–Trinajstić information content (AvgIpc) is 3.35. The van der Waals surface area contributed by atoms with E-state index in [-0.39, 0.29) is 18.5 Å². The van der Waals surface area contributed by atoms with Gasteiger partial charge in [0, 0.05) is 25.9 Å². The first-order valence-electron chi connectivity index (χ1n) is 11.4. The number of anilines is 1. The molecule has 0 fully saturated rings. The van der Waals surface area contributed by atoms with Crippen molar-refractivity contribution in [3.05, 3.63) is 89.4 Å². The van der Waals surface area contributed by atoms with Gasteiger partial charge in [-0.15, -0.1) is 0 Å². The summed E-state index contributed by atoms with van der Waals surface area (Å²) in [7, 11) is 1.57. The van der Waals surface area contributed by atoms with Crippen molar-refractivity contribution < 1.29 is 18.7 Å². The van der Waals surface area contributed by atoms with Crippen LogP contribution in [0.3, 0.4) is 0 Å². The predicted octanol–water partition coefficient (Wildman–Crippen LogP) is 4.65. The molecule has 0 aliphatic heterocycles. The molecule has 0 atom stereocenters. The molecule has 0 radical (unpaired) electrons. The van der Waals surface area contributed by atoms with E-state index in [2.05, 4.69) is 5.32 Å². The van der Waals surface area contributed by atoms with Gasteiger partial charge in [-0.25, -0.2) is 4.79 Å². The number of carbonyl (C=O) groups excluding carboxylic acids is 2. The number of rotatable bonds is 11. The summed E-state index contributed by atoms with van der Waals surface area (Å²) in [5.41, 5.74) is 4.07. The van der Waals surface area contributed by atoms with Crippen molar-refractivity contribution in [2.45, 2.75) is 26.8 Å². The highest BCUT2D eigenvalue weighted by Gasteiger charge is 2.22. The summed E-state index contributed by atoms with van der Waals surface area (Å²) in [5.74, 6) is 0.545. The maximum absolute atomic E-state index is 13.3. The quantitative estimate of drug-likeness (QED) is 0.449. The van der Waals surface area contributed by atoms with Gasteiger partial charge in [-0.3, -0.25) is 4.79 Å². The maximum atomic E-state index is 13.3. The third-order valence-electron chi connectivity index (χ3n) is 5.73. The van der Waals surface area contributed by atoms with Crippen LogP contribution in [0.5, 0.6) is 0 Å². The molecule has 0 unspecified atom stereocenters. The average molecular weight is 464 g/mol. The van der Waals surface area contributed by atoms with Crippen LogP contribution in [0.1, 0.15) is 22.5 Å². The van der Waals surface area contributed by atoms with Gasteiger partial charge in [-0.2, -0.15) is 0 Å². The van der Waals surface area contributed by atoms with Gasteiger partial charge in [-0.1, -0.05) is 36.4 Å². The fourth-order valence-electron chi connectivity index (χ4n) is 3.53. The van der Waals surface area contributed by atoms with Crippen molar-refractivity contribution in [3.63, 3.8) is 0 Å². The van der Waals surface area contributed by atoms with Gasteiger partial charge in [0.2, 0.25) is 5.91 Å². The van der Waals surface area contributed by atoms with Crippen molar-refractivity contribution in [1.29, 1.82) is 0 Å². The number of amides is 3. The van der Waals surface area contributed by atoms with Crippen LogP contribution in [0.25, 0.3) is 0 Å². The molecule has 0 aliphatic carbocycles. The minimum absolute atomic E-state index is 0.0600. The molecule has 2 aromatic carbocycles. The van der Waals surface area contributed by atoms with Crippen LogP contribution in [0, 0.1) is 13.8 Å². The molecule has 0 bridgehead atoms. The van der Waals surface area contributed by atoms with Gasteiger partial charge < -0.3 is 24.3 Å². The lowest BCUT2D eigenvalue weighted by atomic mass is 10.1. The van der Waals surface area contributed by atoms with Gasteiger partial charge in [0.05, 0.1) is 19.4 Å². The molecule has 1 heterocycles. The number of hydrogen-bond acceptors (Lipinski definition) is 4. The largest absolute Gasteiger partial charge is 0.467 e. The Morgan fingerprint density at radius 3 is 2.41 bits per heavy atom. The second-order valence-corrected chi connectivity index (χ2v) is 8.27. The van der Waals surface area contributed by atoms with E-state index in [1.165, 1.54) is 4.90 Å². The molecule has 0 saturated heterocycles. The standard InChI is InChI=1S/C27H33N3O4/c1-21-11-12-24(18-22(21)2)28-27(32)30(15-17-33-3)20-26(31)29(19-25-10-7-16-34-25)14-13-23-8-5-4-6-9-23/h4-12,16,18H,13-15,17,19-20H2,1-3H3,(H,28,32). The van der Waals surface area contributed by atoms with E-state index in [1.54, 1.807) is 24.3 Å². The highest BCUT2D eigenvalue weighted by molar-refractivity contribution is 5.92. The molecule has 0 spiro atoms. The number of carbonyl (C=O) groups is 2. The predicted molar refractivity (Wildman–Crippen MR) is 133 cm³/mol. The van der Waals surface area contributed by atoms with Gasteiger partial charge >= 0.3 is 6.03 Å². The Labute approximate surface area is 201 Å². The van der Waals surface area contributed by atoms with Crippen LogP contribution < -0.4 is 5.32 Å². The Kier molecular flexibility index (Phi) is 9.29. The SMILES string of the molecule is COCCN(CC(=O)N(CCc1ccccc1)Cc1ccco1)C(=O)Nc1ccc(C)c(C)c1. The molecule has 34 heavy (non-hydrogen) atoms. The summed E-state index contributed by atoms with van der Waals surface area (Å²) in [4.78, 5) is 29.6. The molecule has 0 aliphatic rings. The van der Waals surface area contributed by atoms with Crippen molar-refractivity contribution in [1.82, 2.24) is 9.80 Å². The van der Waals surface area contributed by atoms with Crippen LogP contribution in [0.4, 0.5) is 10.5 Å². The van der Waals surface area contributed by atoms with Gasteiger partial charge in [0.1, 0.15) is 12.3 Å². The van der Waals surface area contributed by atoms with Gasteiger partial charge in [0.25, 0.3) is 0 Å². The normalized spacial score (nSPS) is 10.7. The molecule has 0 saturated carbocycles. The van der Waals surface area contributed by atoms with Crippen LogP contribution in [0.2, 0.25) is 0 Å². The number of nitrogens with one attached hydrogen (secondary N) is 1. The van der Waals surface area contributed by atoms with Crippen molar-refractivity contribution >= 4 is 17.6 Å². The zero-order valence-corrected chi connectivity index (χ0v) is 20.1. The molecular weight excluding hydrogens is 430 g/mol. The highest BCUT2D eigenvalue weighted by atomic mass is 16.5. The molecule has 7 nitrogen and oxygen atoms in total. The smallest absolute Gasteiger partial charge is 0.322 e. The van der Waals surface area contributed by atoms with E-state index < -0.39 is 0 Å². The summed E-state index contributed by atoms with van der Waals surface area (Å²) in [6.45, 7) is 5.44. The molecule has 3 rings (SSSR count). The van der Waals surface area contributed by atoms with Crippen molar-refractivity contribution in [2.24, 2.45) is 0 Å². The summed E-state index contributed by atoms with van der Waals surface area (Å²) >= 11 is 0. The number of aryl methyl sites for hydroxylation is 2. The number of benzene rings is 2. The van der Waals surface area contributed by atoms with E-state index in [9.17, 15) is 9.59 Å². The number of nitrogens with zero attached hydrogens (tertiary/aromatic N) is 2. The van der Waals surface area contributed by atoms with Crippen LogP contribution >= 0.6 is 0 Å². The van der Waals surface area contributed by atoms with E-state index in [4.69, 9.17) is 9.15 Å². The second-order valence-electron chi connectivity index (χ2n) is 8.27. The monoisotopic (exact) mass is 463 g/mol. The Morgan fingerprint density at radius 1 is 0.941 bits per heavy atom. The van der Waals surface area contributed by atoms with E-state index in [1.807, 2.05) is 68.4 Å². The molecule has 3 aromatic rings. The Bertz CT molecular complexity index is 1050. The van der Waals surface area contributed by atoms with Crippen LogP contribution in [0.15, 0.2) is 71.3 Å². The number of furan rings is 1. The number of methoxy groups -OCH3 is 1. The van der Waals surface area contributed by atoms with Gasteiger partial charge in [0.15, 0.2) is 0 Å². The van der Waals surface area contributed by atoms with E-state index in [0.29, 0.717) is 44.1 Å². The minimum Gasteiger partial charge on any atom is -0.467 e. The van der Waals surface area contributed by atoms with Crippen LogP contribution in [-0.4, -0.2) is 55.1 Å². The van der Waals surface area contributed by atoms with E-state index in [0.717, 1.165) is 16.7 Å². The topological polar surface area (TPSA) is 75.0 Å². The molecule has 180 valence electrons. The zero-order chi connectivity index (χ0) is 24.3. The first-order chi connectivity index (χ1) is 16.5. The van der Waals surface area contributed by atoms with E-state index >= 15 is 0 Å². The van der Waals surface area contributed by atoms with Gasteiger partial charge in [-0.05, 0) is 61.2 Å². The summed E-state index contributed by atoms with van der Waals surface area (Å²) in [5, 5.41) is 2.91. The third-order valence-corrected chi connectivity index (χ3v) is 5.73. The zero-order valence-electron chi connectivity index (χ0n) is 20.1. The van der Waals surface area contributed by atoms with Crippen LogP contribution in [-0.2, 0) is 22.5 Å². The lowest BCUT2D eigenvalue weighted by Crippen LogP contribution is -2.46. The molecule has 3 amide bonds. The Morgan fingerprint density at radius 2 is 1.74 bits per heavy atom. The fourth-order valence-corrected chi connectivity index (χ4v) is 3.53. The lowest BCUT2D eigenvalue weighted by molar-refractivity contribution is -0.132. The Hall–Kier alpha value is -3.58. The third kappa shape index (κ3) is 7.49. The first-order valence-corrected chi connectivity index (χ1v) is 11.4. The highest BCUT2D eigenvalue weighted by Crippen LogP contribution is 2.15. The number of urea groups is 1. The molecule has 7 heteroatoms. The first kappa shape index (κ1) is 25.1. The summed E-state index contributed by atoms with van der Waals surface area (Å²) in [6, 6.07) is 19.1. The summed E-state index contributed by atoms with van der Waals surface area (Å²) in [6.07, 6.45) is 2.30. The second kappa shape index (κ2) is 12.6. The van der Waals surface area contributed by atoms with Crippen molar-refractivity contribution in [2.75, 3.05) is 38.7 Å². The number of ether oxygens (including phenoxy) is 1. The molecule has 1 N–H and O–H groups in total. The lowest BCUT2D eigenvalue weighted by Gasteiger charge is -2.27. The summed E-state index contributed by atoms with van der Waals surface area (Å²) < 4.78 is 10.7. The Balaban J connectivity index is 1.70. The molecular formula is C27H33N3O4. The van der Waals surface area contributed by atoms with Crippen molar-refractivity contribution in [3.8, 4) is 0 Å². The molecule has 1 aromatic heterocycles. The fraction of sp³-hybridized carbons (Fsp3) is 0.333. The maximum Gasteiger partial charge on any atom is 0.322 e. The minimum atomic E-state index is -0.338.